The van der Waals surface area contributed by atoms with E-state index in [1.54, 1.807) is 0 Å². The van der Waals surface area contributed by atoms with Gasteiger partial charge in [0.25, 0.3) is 0 Å². The first-order valence-corrected chi connectivity index (χ1v) is 3.90. The summed E-state index contributed by atoms with van der Waals surface area (Å²) in [6.07, 6.45) is 0. The molecule has 5 heavy (non-hydrogen) atoms. The molecule has 0 radical (unpaired) electrons. The predicted molar refractivity (Wildman–Crippen MR) is 22.1 cm³/mol. The van der Waals surface area contributed by atoms with Crippen LogP contribution < -0.4 is 17.0 Å². The van der Waals surface area contributed by atoms with Gasteiger partial charge in [0.2, 0.25) is 0 Å². The van der Waals surface area contributed by atoms with Crippen molar-refractivity contribution < 1.29 is 17.0 Å². The van der Waals surface area contributed by atoms with E-state index in [4.69, 9.17) is 10.0 Å². The molecule has 0 atom stereocenters. The largest absolute Gasteiger partial charge is 1.00 e. The van der Waals surface area contributed by atoms with Crippen LogP contribution in [0.2, 0.25) is 5.28 Å². The van der Waals surface area contributed by atoms with Crippen molar-refractivity contribution in [2.45, 2.75) is 12.2 Å². The molecule has 0 aromatic heterocycles. The van der Waals surface area contributed by atoms with Gasteiger partial charge in [0.1, 0.15) is 0 Å². The molecule has 0 saturated heterocycles. The fourth-order valence-corrected chi connectivity index (χ4v) is 0. The Hall–Kier alpha value is 1.30. The summed E-state index contributed by atoms with van der Waals surface area (Å²) in [5.41, 5.74) is 0. The number of rotatable bonds is 1. The van der Waals surface area contributed by atoms with Gasteiger partial charge < -0.3 is 17.0 Å². The third-order valence-corrected chi connectivity index (χ3v) is 1.39. The molecule has 0 aliphatic carbocycles. The Morgan fingerprint density at radius 2 is 2.00 bits per heavy atom. The SMILES string of the molecule is C[CH2][Al+][Cl].[Br-]. The van der Waals surface area contributed by atoms with Crippen molar-refractivity contribution in [2.75, 3.05) is 0 Å². The van der Waals surface area contributed by atoms with Crippen LogP contribution in [-0.4, -0.2) is 14.3 Å². The van der Waals surface area contributed by atoms with Crippen molar-refractivity contribution in [3.8, 4) is 0 Å². The van der Waals surface area contributed by atoms with Crippen LogP contribution in [0.3, 0.4) is 0 Å². The molecule has 0 aromatic carbocycles. The van der Waals surface area contributed by atoms with Gasteiger partial charge in [-0.25, -0.2) is 0 Å². The smallest absolute Gasteiger partial charge is 1.00 e. The molecule has 0 rings (SSSR count). The summed E-state index contributed by atoms with van der Waals surface area (Å²) >= 11 is 0.255. The van der Waals surface area contributed by atoms with Gasteiger partial charge in [0, 0.05) is 0 Å². The molecule has 0 unspecified atom stereocenters. The van der Waals surface area contributed by atoms with Crippen molar-refractivity contribution in [1.29, 1.82) is 0 Å². The van der Waals surface area contributed by atoms with Gasteiger partial charge in [-0.05, 0) is 0 Å². The van der Waals surface area contributed by atoms with Crippen LogP contribution in [0.25, 0.3) is 0 Å². The van der Waals surface area contributed by atoms with E-state index in [9.17, 15) is 0 Å². The van der Waals surface area contributed by atoms with Crippen LogP contribution in [-0.2, 0) is 0 Å². The zero-order valence-corrected chi connectivity index (χ0v) is 6.54. The molecule has 0 heterocycles. The molecule has 30 valence electrons. The third kappa shape index (κ3) is 10.9. The summed E-state index contributed by atoms with van der Waals surface area (Å²) < 4.78 is 0. The summed E-state index contributed by atoms with van der Waals surface area (Å²) in [5.74, 6) is 0. The Balaban J connectivity index is 0. The maximum absolute atomic E-state index is 5.27. The predicted octanol–water partition coefficient (Wildman–Crippen LogP) is -1.71. The van der Waals surface area contributed by atoms with E-state index in [1.165, 1.54) is 5.28 Å². The van der Waals surface area contributed by atoms with Gasteiger partial charge in [-0.3, -0.25) is 0 Å². The fourth-order valence-electron chi connectivity index (χ4n) is 0. The van der Waals surface area contributed by atoms with E-state index in [0.29, 0.717) is 0 Å². The molecule has 0 fully saturated rings. The van der Waals surface area contributed by atoms with Gasteiger partial charge in [0.05, 0.1) is 0 Å². The molecule has 0 amide bonds. The Kier molecular flexibility index (Phi) is 17.2. The van der Waals surface area contributed by atoms with Gasteiger partial charge in [-0.15, -0.1) is 0 Å². The number of halogens is 2. The quantitative estimate of drug-likeness (QED) is 0.412. The second-order valence-corrected chi connectivity index (χ2v) is 2.61. The summed E-state index contributed by atoms with van der Waals surface area (Å²) in [6, 6.07) is 0. The molecule has 0 aliphatic rings. The minimum absolute atomic E-state index is 0. The molecule has 0 N–H and O–H groups in total. The molecular weight excluding hydrogens is 166 g/mol. The van der Waals surface area contributed by atoms with E-state index >= 15 is 0 Å². The molecule has 0 spiro atoms. The molecule has 0 nitrogen and oxygen atoms in total. The van der Waals surface area contributed by atoms with Gasteiger partial charge >= 0.3 is 36.6 Å². The summed E-state index contributed by atoms with van der Waals surface area (Å²) in [5, 5.41) is 1.17. The van der Waals surface area contributed by atoms with Gasteiger partial charge in [-0.1, -0.05) is 0 Å². The average Bonchev–Trinajstić information content (AvgIpc) is 1.37. The normalized spacial score (nSPS) is 4.40. The van der Waals surface area contributed by atoms with E-state index in [-0.39, 0.29) is 31.3 Å². The average molecular weight is 171 g/mol. The van der Waals surface area contributed by atoms with Crippen LogP contribution >= 0.6 is 10.0 Å². The summed E-state index contributed by atoms with van der Waals surface area (Å²) in [4.78, 5) is 0. The minimum Gasteiger partial charge on any atom is -1.00 e. The van der Waals surface area contributed by atoms with E-state index in [1.807, 2.05) is 0 Å². The number of hydrogen-bond donors (Lipinski definition) is 0. The third-order valence-electron chi connectivity index (χ3n) is 0.154. The fraction of sp³-hybridized carbons (Fsp3) is 1.00. The maximum atomic E-state index is 5.27. The standard InChI is InChI=1S/C2H5.Al.BrH.ClH/c1-2;;;/h1H2,2H3;;2*1H/q;+2;;/p-2. The van der Waals surface area contributed by atoms with Crippen LogP contribution in [0.4, 0.5) is 0 Å². The first-order chi connectivity index (χ1) is 1.91. The monoisotopic (exact) mass is 170 g/mol. The molecule has 0 aliphatic heterocycles. The Labute approximate surface area is 53.6 Å². The zero-order valence-electron chi connectivity index (χ0n) is 3.04. The van der Waals surface area contributed by atoms with Crippen LogP contribution in [0.5, 0.6) is 0 Å². The Morgan fingerprint density at radius 1 is 1.80 bits per heavy atom. The summed E-state index contributed by atoms with van der Waals surface area (Å²) in [7, 11) is 5.27. The van der Waals surface area contributed by atoms with Crippen LogP contribution in [0, 0.1) is 0 Å². The maximum Gasteiger partial charge on any atom is -1.00 e. The number of hydrogen-bond acceptors (Lipinski definition) is 0. The zero-order chi connectivity index (χ0) is 3.41. The molecule has 0 aromatic rings. The second-order valence-electron chi connectivity index (χ2n) is 0.563. The van der Waals surface area contributed by atoms with Crippen molar-refractivity contribution in [1.82, 2.24) is 0 Å². The van der Waals surface area contributed by atoms with Crippen LogP contribution in [0.15, 0.2) is 0 Å². The van der Waals surface area contributed by atoms with E-state index < -0.39 is 0 Å². The van der Waals surface area contributed by atoms with Crippen molar-refractivity contribution >= 4 is 24.3 Å². The van der Waals surface area contributed by atoms with Crippen molar-refractivity contribution in [3.63, 3.8) is 0 Å². The van der Waals surface area contributed by atoms with Crippen molar-refractivity contribution in [3.05, 3.63) is 0 Å². The molecule has 3 heteroatoms. The summed E-state index contributed by atoms with van der Waals surface area (Å²) in [6.45, 7) is 2.09. The molecule has 0 saturated carbocycles. The molecular formula is C2H5AlBrCl. The Bertz CT molecular complexity index is 11.6. The molecule has 0 bridgehead atoms. The second kappa shape index (κ2) is 9.00. The topological polar surface area (TPSA) is 0 Å². The Morgan fingerprint density at radius 3 is 2.00 bits per heavy atom. The van der Waals surface area contributed by atoms with E-state index in [0.717, 1.165) is 0 Å². The van der Waals surface area contributed by atoms with E-state index in [2.05, 4.69) is 6.92 Å². The first-order valence-electron chi connectivity index (χ1n) is 1.33. The van der Waals surface area contributed by atoms with Gasteiger partial charge in [0.15, 0.2) is 0 Å². The van der Waals surface area contributed by atoms with Gasteiger partial charge in [-0.2, -0.15) is 0 Å². The van der Waals surface area contributed by atoms with Crippen molar-refractivity contribution in [2.24, 2.45) is 0 Å². The minimum atomic E-state index is 0. The first kappa shape index (κ1) is 9.57. The van der Waals surface area contributed by atoms with Crippen LogP contribution in [0.1, 0.15) is 6.92 Å².